The first kappa shape index (κ1) is 31.6. The normalized spacial score (nSPS) is 17.8. The first-order chi connectivity index (χ1) is 20.9. The Morgan fingerprint density at radius 2 is 0.476 bits per heavy atom. The van der Waals surface area contributed by atoms with Gasteiger partial charge in [-0.05, 0) is 36.4 Å². The minimum absolute atomic E-state index is 0.362. The molecule has 0 radical (unpaired) electrons. The van der Waals surface area contributed by atoms with Gasteiger partial charge in [-0.1, -0.05) is 36.4 Å². The van der Waals surface area contributed by atoms with Crippen LogP contribution in [0.2, 0.25) is 0 Å². The SMILES string of the molecule is c1ccc2c(c1)OCCOCCOCCOCCOCCOCCOCCOc1ccccc1Oc1ccccc1O2. The second-order valence-electron chi connectivity index (χ2n) is 8.92. The lowest BCUT2D eigenvalue weighted by Gasteiger charge is -2.16. The van der Waals surface area contributed by atoms with Gasteiger partial charge in [-0.25, -0.2) is 0 Å². The summed E-state index contributed by atoms with van der Waals surface area (Å²) in [7, 11) is 0. The molecule has 1 aliphatic rings. The van der Waals surface area contributed by atoms with E-state index in [-0.39, 0.29) is 0 Å². The zero-order valence-corrected chi connectivity index (χ0v) is 23.9. The lowest BCUT2D eigenvalue weighted by Crippen LogP contribution is -2.15. The maximum absolute atomic E-state index is 6.25. The smallest absolute Gasteiger partial charge is 0.170 e. The van der Waals surface area contributed by atoms with Crippen LogP contribution in [0, 0.1) is 0 Å². The molecule has 0 aliphatic carbocycles. The maximum atomic E-state index is 6.25. The van der Waals surface area contributed by atoms with Crippen LogP contribution in [0.1, 0.15) is 0 Å². The van der Waals surface area contributed by atoms with Gasteiger partial charge in [-0.2, -0.15) is 0 Å². The summed E-state index contributed by atoms with van der Waals surface area (Å²) < 4.78 is 57.7. The van der Waals surface area contributed by atoms with Gasteiger partial charge in [0.2, 0.25) is 0 Å². The van der Waals surface area contributed by atoms with E-state index >= 15 is 0 Å². The monoisotopic (exact) mass is 584 g/mol. The number of fused-ring (bicyclic) bond motifs is 3. The third-order valence-electron chi connectivity index (χ3n) is 5.82. The second-order valence-corrected chi connectivity index (χ2v) is 8.92. The van der Waals surface area contributed by atoms with Gasteiger partial charge in [0.25, 0.3) is 0 Å². The minimum Gasteiger partial charge on any atom is -0.487 e. The summed E-state index contributed by atoms with van der Waals surface area (Å²) in [6, 6.07) is 22.4. The van der Waals surface area contributed by atoms with Gasteiger partial charge < -0.3 is 47.4 Å². The molecule has 3 aromatic rings. The number of hydrogen-bond acceptors (Lipinski definition) is 10. The van der Waals surface area contributed by atoms with Gasteiger partial charge in [-0.15, -0.1) is 0 Å². The van der Waals surface area contributed by atoms with Crippen molar-refractivity contribution in [2.75, 3.05) is 92.5 Å². The van der Waals surface area contributed by atoms with E-state index in [1.807, 2.05) is 72.8 Å². The van der Waals surface area contributed by atoms with Crippen LogP contribution in [0.5, 0.6) is 34.5 Å². The summed E-state index contributed by atoms with van der Waals surface area (Å²) in [5.74, 6) is 3.40. The zero-order chi connectivity index (χ0) is 28.9. The van der Waals surface area contributed by atoms with Crippen molar-refractivity contribution in [2.24, 2.45) is 0 Å². The van der Waals surface area contributed by atoms with Crippen LogP contribution in [-0.4, -0.2) is 92.5 Å². The van der Waals surface area contributed by atoms with E-state index in [1.165, 1.54) is 0 Å². The summed E-state index contributed by atoms with van der Waals surface area (Å²) in [5.41, 5.74) is 0. The average Bonchev–Trinajstić information content (AvgIpc) is 3.01. The van der Waals surface area contributed by atoms with Crippen molar-refractivity contribution >= 4 is 0 Å². The van der Waals surface area contributed by atoms with Crippen LogP contribution >= 0.6 is 0 Å². The molecule has 3 aromatic carbocycles. The molecule has 0 aromatic heterocycles. The van der Waals surface area contributed by atoms with Crippen molar-refractivity contribution in [2.45, 2.75) is 0 Å². The number of para-hydroxylation sites is 6. The lowest BCUT2D eigenvalue weighted by molar-refractivity contribution is -0.0188. The predicted octanol–water partition coefficient (Wildman–Crippen LogP) is 5.14. The fourth-order valence-electron chi connectivity index (χ4n) is 3.79. The first-order valence-corrected chi connectivity index (χ1v) is 14.2. The van der Waals surface area contributed by atoms with Crippen molar-refractivity contribution < 1.29 is 47.4 Å². The molecule has 1 heterocycles. The van der Waals surface area contributed by atoms with E-state index in [9.17, 15) is 0 Å². The Labute approximate surface area is 247 Å². The van der Waals surface area contributed by atoms with Crippen LogP contribution in [0.4, 0.5) is 0 Å². The molecule has 0 N–H and O–H groups in total. The Kier molecular flexibility index (Phi) is 14.8. The molecule has 4 rings (SSSR count). The van der Waals surface area contributed by atoms with Crippen LogP contribution in [0.15, 0.2) is 72.8 Å². The van der Waals surface area contributed by atoms with Crippen molar-refractivity contribution in [1.82, 2.24) is 0 Å². The summed E-state index contributed by atoms with van der Waals surface area (Å²) in [4.78, 5) is 0. The number of ether oxygens (including phenoxy) is 10. The van der Waals surface area contributed by atoms with Gasteiger partial charge in [0.15, 0.2) is 34.5 Å². The molecular weight excluding hydrogens is 544 g/mol. The summed E-state index contributed by atoms with van der Waals surface area (Å²) in [6.07, 6.45) is 0. The molecule has 0 fully saturated rings. The predicted molar refractivity (Wildman–Crippen MR) is 155 cm³/mol. The number of rotatable bonds is 0. The Bertz CT molecular complexity index is 1050. The highest BCUT2D eigenvalue weighted by molar-refractivity contribution is 5.50. The quantitative estimate of drug-likeness (QED) is 0.354. The highest BCUT2D eigenvalue weighted by Crippen LogP contribution is 2.40. The van der Waals surface area contributed by atoms with Crippen LogP contribution in [-0.2, 0) is 28.4 Å². The number of benzene rings is 3. The first-order valence-electron chi connectivity index (χ1n) is 14.2. The maximum Gasteiger partial charge on any atom is 0.170 e. The molecule has 10 heteroatoms. The van der Waals surface area contributed by atoms with E-state index < -0.39 is 0 Å². The Morgan fingerprint density at radius 3 is 0.762 bits per heavy atom. The van der Waals surface area contributed by atoms with Gasteiger partial charge in [-0.3, -0.25) is 0 Å². The summed E-state index contributed by atoms with van der Waals surface area (Å²) >= 11 is 0. The molecule has 0 atom stereocenters. The van der Waals surface area contributed by atoms with E-state index in [0.29, 0.717) is 127 Å². The minimum atomic E-state index is 0.362. The number of hydrogen-bond donors (Lipinski definition) is 0. The Balaban J connectivity index is 1.36. The standard InChI is InChI=1S/C32H40O10/c1-3-9-29-27(7-1)39-25-23-37-21-19-35-17-15-33-13-14-34-16-18-36-20-22-38-24-26-40-28-8-2-4-10-30(28)42-32-12-6-5-11-31(32)41-29/h1-12H,13-26H2. The van der Waals surface area contributed by atoms with Crippen LogP contribution < -0.4 is 18.9 Å². The van der Waals surface area contributed by atoms with E-state index in [1.54, 1.807) is 0 Å². The lowest BCUT2D eigenvalue weighted by atomic mass is 10.3. The third kappa shape index (κ3) is 11.8. The van der Waals surface area contributed by atoms with E-state index in [4.69, 9.17) is 47.4 Å². The van der Waals surface area contributed by atoms with Crippen LogP contribution in [0.3, 0.4) is 0 Å². The van der Waals surface area contributed by atoms with E-state index in [2.05, 4.69) is 0 Å². The summed E-state index contributed by atoms with van der Waals surface area (Å²) in [5, 5.41) is 0. The van der Waals surface area contributed by atoms with Crippen molar-refractivity contribution in [3.05, 3.63) is 72.8 Å². The van der Waals surface area contributed by atoms with Gasteiger partial charge in [0.05, 0.1) is 79.3 Å². The molecule has 0 bridgehead atoms. The molecule has 0 unspecified atom stereocenters. The molecule has 1 aliphatic heterocycles. The molecule has 42 heavy (non-hydrogen) atoms. The molecule has 228 valence electrons. The van der Waals surface area contributed by atoms with Crippen molar-refractivity contribution in [3.8, 4) is 34.5 Å². The van der Waals surface area contributed by atoms with Crippen LogP contribution in [0.25, 0.3) is 0 Å². The zero-order valence-electron chi connectivity index (χ0n) is 23.9. The van der Waals surface area contributed by atoms with Crippen molar-refractivity contribution in [1.29, 1.82) is 0 Å². The largest absolute Gasteiger partial charge is 0.487 e. The third-order valence-corrected chi connectivity index (χ3v) is 5.82. The Morgan fingerprint density at radius 1 is 0.262 bits per heavy atom. The van der Waals surface area contributed by atoms with Gasteiger partial charge >= 0.3 is 0 Å². The van der Waals surface area contributed by atoms with Crippen molar-refractivity contribution in [3.63, 3.8) is 0 Å². The molecule has 0 saturated heterocycles. The highest BCUT2D eigenvalue weighted by Gasteiger charge is 2.13. The van der Waals surface area contributed by atoms with E-state index in [0.717, 1.165) is 0 Å². The molecule has 10 nitrogen and oxygen atoms in total. The fraction of sp³-hybridized carbons (Fsp3) is 0.438. The summed E-state index contributed by atoms with van der Waals surface area (Å²) in [6.45, 7) is 6.44. The highest BCUT2D eigenvalue weighted by atomic mass is 16.6. The molecule has 0 amide bonds. The molecule has 0 saturated carbocycles. The molecular formula is C32H40O10. The average molecular weight is 585 g/mol. The fourth-order valence-corrected chi connectivity index (χ4v) is 3.79. The molecule has 0 spiro atoms. The van der Waals surface area contributed by atoms with Gasteiger partial charge in [0.1, 0.15) is 13.2 Å². The van der Waals surface area contributed by atoms with Gasteiger partial charge in [0, 0.05) is 0 Å². The second kappa shape index (κ2) is 19.7. The Hall–Kier alpha value is -3.38. The topological polar surface area (TPSA) is 92.3 Å².